The van der Waals surface area contributed by atoms with Crippen LogP contribution in [0.3, 0.4) is 0 Å². The van der Waals surface area contributed by atoms with Gasteiger partial charge in [0.15, 0.2) is 0 Å². The van der Waals surface area contributed by atoms with E-state index < -0.39 is 0 Å². The average Bonchev–Trinajstić information content (AvgIpc) is 2.94. The van der Waals surface area contributed by atoms with E-state index in [1.807, 2.05) is 0 Å². The van der Waals surface area contributed by atoms with Gasteiger partial charge in [0.1, 0.15) is 11.6 Å². The fourth-order valence-electron chi connectivity index (χ4n) is 3.75. The number of carbonyl (C=O) groups excluding carboxylic acids is 1. The van der Waals surface area contributed by atoms with Gasteiger partial charge in [0, 0.05) is 12.1 Å². The molecular formula is C19H31N5O2. The Hall–Kier alpha value is -1.89. The Kier molecular flexibility index (Phi) is 6.29. The van der Waals surface area contributed by atoms with Crippen LogP contribution in [0.4, 0.5) is 11.6 Å². The first-order chi connectivity index (χ1) is 12.6. The molecule has 0 atom stereocenters. The second-order valence-corrected chi connectivity index (χ2v) is 7.36. The van der Waals surface area contributed by atoms with Gasteiger partial charge in [0.2, 0.25) is 5.91 Å². The number of ether oxygens (including phenoxy) is 1. The van der Waals surface area contributed by atoms with Crippen LogP contribution in [0.25, 0.3) is 0 Å². The highest BCUT2D eigenvalue weighted by atomic mass is 16.5. The second kappa shape index (κ2) is 8.66. The van der Waals surface area contributed by atoms with E-state index in [1.54, 1.807) is 4.90 Å². The Balaban J connectivity index is 1.67. The van der Waals surface area contributed by atoms with E-state index in [-0.39, 0.29) is 11.9 Å². The van der Waals surface area contributed by atoms with E-state index in [0.29, 0.717) is 30.6 Å². The lowest BCUT2D eigenvalue weighted by Gasteiger charge is -2.33. The summed E-state index contributed by atoms with van der Waals surface area (Å²) >= 11 is 0. The minimum absolute atomic E-state index is 0.0719. The summed E-state index contributed by atoms with van der Waals surface area (Å²) in [4.78, 5) is 25.6. The number of hydrogen-bond donors (Lipinski definition) is 1. The molecule has 26 heavy (non-hydrogen) atoms. The molecule has 1 fully saturated rings. The first-order valence-corrected chi connectivity index (χ1v) is 9.94. The highest BCUT2D eigenvalue weighted by molar-refractivity contribution is 6.01. The summed E-state index contributed by atoms with van der Waals surface area (Å²) in [5, 5.41) is 0. The molecule has 0 unspecified atom stereocenters. The summed E-state index contributed by atoms with van der Waals surface area (Å²) in [5.41, 5.74) is 6.82. The molecule has 0 bridgehead atoms. The minimum atomic E-state index is 0.0719. The van der Waals surface area contributed by atoms with Gasteiger partial charge in [-0.15, -0.1) is 0 Å². The quantitative estimate of drug-likeness (QED) is 0.715. The fraction of sp³-hybridized carbons (Fsp3) is 0.737. The van der Waals surface area contributed by atoms with Crippen molar-refractivity contribution in [3.63, 3.8) is 0 Å². The molecule has 0 saturated carbocycles. The van der Waals surface area contributed by atoms with Gasteiger partial charge in [-0.1, -0.05) is 20.3 Å². The number of fused-ring (bicyclic) bond motifs is 1. The van der Waals surface area contributed by atoms with Gasteiger partial charge in [-0.2, -0.15) is 9.97 Å². The zero-order chi connectivity index (χ0) is 18.5. The number of likely N-dealkylation sites (tertiary alicyclic amines) is 1. The van der Waals surface area contributed by atoms with Crippen LogP contribution in [0.15, 0.2) is 0 Å². The highest BCUT2D eigenvalue weighted by Gasteiger charge is 2.34. The predicted octanol–water partition coefficient (Wildman–Crippen LogP) is 2.25. The van der Waals surface area contributed by atoms with Gasteiger partial charge in [-0.25, -0.2) is 0 Å². The number of nitrogens with zero attached hydrogens (tertiary/aromatic N) is 4. The maximum absolute atomic E-state index is 12.5. The van der Waals surface area contributed by atoms with Crippen molar-refractivity contribution in [2.75, 3.05) is 43.4 Å². The number of anilines is 2. The van der Waals surface area contributed by atoms with E-state index in [0.717, 1.165) is 50.9 Å². The molecule has 0 radical (unpaired) electrons. The van der Waals surface area contributed by atoms with Gasteiger partial charge in [0.25, 0.3) is 0 Å². The summed E-state index contributed by atoms with van der Waals surface area (Å²) in [5.74, 6) is 1.61. The molecular weight excluding hydrogens is 330 g/mol. The number of rotatable bonds is 8. The van der Waals surface area contributed by atoms with Crippen molar-refractivity contribution in [2.45, 2.75) is 52.4 Å². The van der Waals surface area contributed by atoms with Crippen LogP contribution in [-0.2, 0) is 11.2 Å². The van der Waals surface area contributed by atoms with Gasteiger partial charge in [0.05, 0.1) is 13.0 Å². The first-order valence-electron chi connectivity index (χ1n) is 9.94. The van der Waals surface area contributed by atoms with Gasteiger partial charge in [-0.3, -0.25) is 9.69 Å². The number of amides is 1. The molecule has 1 aromatic rings. The summed E-state index contributed by atoms with van der Waals surface area (Å²) in [7, 11) is 0. The molecule has 3 rings (SSSR count). The lowest BCUT2D eigenvalue weighted by molar-refractivity contribution is -0.117. The molecule has 0 spiro atoms. The molecule has 1 amide bonds. The summed E-state index contributed by atoms with van der Waals surface area (Å²) in [6, 6.07) is 0.284. The molecule has 2 N–H and O–H groups in total. The smallest absolute Gasteiger partial charge is 0.320 e. The van der Waals surface area contributed by atoms with Crippen LogP contribution in [0.2, 0.25) is 0 Å². The van der Waals surface area contributed by atoms with Crippen molar-refractivity contribution < 1.29 is 9.53 Å². The number of aromatic nitrogens is 2. The van der Waals surface area contributed by atoms with Crippen LogP contribution in [0, 0.1) is 5.92 Å². The van der Waals surface area contributed by atoms with Crippen molar-refractivity contribution in [1.29, 1.82) is 0 Å². The molecule has 1 saturated heterocycles. The average molecular weight is 361 g/mol. The summed E-state index contributed by atoms with van der Waals surface area (Å²) in [6.07, 6.45) is 5.73. The zero-order valence-corrected chi connectivity index (χ0v) is 16.0. The number of carbonyl (C=O) groups is 1. The Bertz CT molecular complexity index is 629. The summed E-state index contributed by atoms with van der Waals surface area (Å²) in [6.45, 7) is 9.01. The van der Waals surface area contributed by atoms with Gasteiger partial charge < -0.3 is 15.4 Å². The first kappa shape index (κ1) is 18.9. The van der Waals surface area contributed by atoms with Crippen molar-refractivity contribution in [1.82, 2.24) is 14.9 Å². The van der Waals surface area contributed by atoms with Crippen LogP contribution < -0.4 is 15.4 Å². The molecule has 0 aromatic carbocycles. The monoisotopic (exact) mass is 361 g/mol. The molecule has 2 aliphatic heterocycles. The van der Waals surface area contributed by atoms with Crippen molar-refractivity contribution in [3.05, 3.63) is 5.56 Å². The third-order valence-corrected chi connectivity index (χ3v) is 5.30. The molecule has 7 heteroatoms. The molecule has 0 aliphatic carbocycles. The SMILES string of the molecule is CCCCOc1nc(N)c2c(n1)N(CC1CCN(CCC)CC1)C(=O)C2. The Morgan fingerprint density at radius 3 is 2.65 bits per heavy atom. The Morgan fingerprint density at radius 2 is 1.96 bits per heavy atom. The van der Waals surface area contributed by atoms with Gasteiger partial charge in [-0.05, 0) is 51.2 Å². The number of unbranched alkanes of at least 4 members (excludes halogenated alkanes) is 1. The van der Waals surface area contributed by atoms with Crippen LogP contribution in [-0.4, -0.2) is 53.6 Å². The lowest BCUT2D eigenvalue weighted by atomic mass is 9.96. The van der Waals surface area contributed by atoms with Crippen molar-refractivity contribution in [3.8, 4) is 6.01 Å². The van der Waals surface area contributed by atoms with Crippen molar-refractivity contribution >= 4 is 17.5 Å². The number of nitrogen functional groups attached to an aromatic ring is 1. The third-order valence-electron chi connectivity index (χ3n) is 5.30. The van der Waals surface area contributed by atoms with E-state index in [1.165, 1.54) is 13.0 Å². The molecule has 2 aliphatic rings. The van der Waals surface area contributed by atoms with Crippen LogP contribution in [0.1, 0.15) is 51.5 Å². The summed E-state index contributed by atoms with van der Waals surface area (Å²) < 4.78 is 5.62. The molecule has 1 aromatic heterocycles. The van der Waals surface area contributed by atoms with Crippen LogP contribution in [0.5, 0.6) is 6.01 Å². The Labute approximate surface area is 155 Å². The third kappa shape index (κ3) is 4.26. The maximum atomic E-state index is 12.5. The lowest BCUT2D eigenvalue weighted by Crippen LogP contribution is -2.40. The number of nitrogens with two attached hydrogens (primary N) is 1. The number of piperidine rings is 1. The fourth-order valence-corrected chi connectivity index (χ4v) is 3.75. The van der Waals surface area contributed by atoms with Crippen LogP contribution >= 0.6 is 0 Å². The van der Waals surface area contributed by atoms with E-state index in [2.05, 4.69) is 28.7 Å². The minimum Gasteiger partial charge on any atom is -0.463 e. The topological polar surface area (TPSA) is 84.6 Å². The molecule has 3 heterocycles. The van der Waals surface area contributed by atoms with E-state index >= 15 is 0 Å². The normalized spacial score (nSPS) is 18.4. The molecule has 7 nitrogen and oxygen atoms in total. The van der Waals surface area contributed by atoms with Gasteiger partial charge >= 0.3 is 6.01 Å². The zero-order valence-electron chi connectivity index (χ0n) is 16.0. The second-order valence-electron chi connectivity index (χ2n) is 7.36. The highest BCUT2D eigenvalue weighted by Crippen LogP contribution is 2.33. The van der Waals surface area contributed by atoms with E-state index in [4.69, 9.17) is 10.5 Å². The standard InChI is InChI=1S/C19H31N5O2/c1-3-5-11-26-19-21-17(20)15-12-16(25)24(18(15)22-19)13-14-6-9-23(8-4-2)10-7-14/h14H,3-13H2,1-2H3,(H2,20,21,22). The van der Waals surface area contributed by atoms with E-state index in [9.17, 15) is 4.79 Å². The number of hydrogen-bond acceptors (Lipinski definition) is 6. The largest absolute Gasteiger partial charge is 0.463 e. The maximum Gasteiger partial charge on any atom is 0.320 e. The molecule has 144 valence electrons. The van der Waals surface area contributed by atoms with Crippen molar-refractivity contribution in [2.24, 2.45) is 5.92 Å². The Morgan fingerprint density at radius 1 is 1.19 bits per heavy atom. The predicted molar refractivity (Wildman–Crippen MR) is 102 cm³/mol.